The van der Waals surface area contributed by atoms with Crippen LogP contribution < -0.4 is 10.1 Å². The molecule has 1 aliphatic carbocycles. The number of hydrogen-bond acceptors (Lipinski definition) is 4. The zero-order chi connectivity index (χ0) is 16.1. The number of aliphatic hydroxyl groups is 1. The molecule has 2 aromatic rings. The summed E-state index contributed by atoms with van der Waals surface area (Å²) >= 11 is 0. The van der Waals surface area contributed by atoms with Gasteiger partial charge in [-0.1, -0.05) is 24.3 Å². The van der Waals surface area contributed by atoms with Gasteiger partial charge in [0, 0.05) is 24.8 Å². The van der Waals surface area contributed by atoms with Gasteiger partial charge >= 0.3 is 0 Å². The van der Waals surface area contributed by atoms with Crippen molar-refractivity contribution in [2.75, 3.05) is 0 Å². The molecular weight excluding hydrogens is 288 g/mol. The van der Waals surface area contributed by atoms with Gasteiger partial charge in [-0.2, -0.15) is 0 Å². The topological polar surface area (TPSA) is 54.4 Å². The largest absolute Gasteiger partial charge is 0.474 e. The smallest absolute Gasteiger partial charge is 0.213 e. The third kappa shape index (κ3) is 4.30. The second kappa shape index (κ2) is 7.57. The third-order valence-electron chi connectivity index (χ3n) is 4.38. The molecular formula is C19H24N2O2. The van der Waals surface area contributed by atoms with Crippen LogP contribution in [0.1, 0.15) is 48.9 Å². The van der Waals surface area contributed by atoms with E-state index in [1.165, 1.54) is 17.5 Å². The van der Waals surface area contributed by atoms with Crippen LogP contribution in [-0.2, 0) is 13.2 Å². The summed E-state index contributed by atoms with van der Waals surface area (Å²) in [6.07, 6.45) is 5.70. The van der Waals surface area contributed by atoms with E-state index in [-0.39, 0.29) is 12.6 Å². The van der Waals surface area contributed by atoms with Crippen molar-refractivity contribution in [1.29, 1.82) is 0 Å². The molecule has 23 heavy (non-hydrogen) atoms. The second-order valence-corrected chi connectivity index (χ2v) is 6.18. The van der Waals surface area contributed by atoms with E-state index in [4.69, 9.17) is 4.74 Å². The van der Waals surface area contributed by atoms with Gasteiger partial charge in [-0.05, 0) is 48.9 Å². The maximum absolute atomic E-state index is 9.24. The molecule has 122 valence electrons. The molecule has 1 atom stereocenters. The van der Waals surface area contributed by atoms with Gasteiger partial charge in [0.05, 0.1) is 6.61 Å². The van der Waals surface area contributed by atoms with Crippen molar-refractivity contribution in [2.24, 2.45) is 0 Å². The minimum atomic E-state index is 0.0762. The molecule has 4 heteroatoms. The van der Waals surface area contributed by atoms with Crippen LogP contribution in [0.5, 0.6) is 5.88 Å². The van der Waals surface area contributed by atoms with Gasteiger partial charge in [-0.25, -0.2) is 4.98 Å². The van der Waals surface area contributed by atoms with Crippen LogP contribution in [0, 0.1) is 0 Å². The summed E-state index contributed by atoms with van der Waals surface area (Å²) in [5.74, 6) is 0.726. The molecule has 0 saturated heterocycles. The Hall–Kier alpha value is -1.91. The van der Waals surface area contributed by atoms with E-state index in [2.05, 4.69) is 23.3 Å². The monoisotopic (exact) mass is 312 g/mol. The fourth-order valence-corrected chi connectivity index (χ4v) is 2.63. The van der Waals surface area contributed by atoms with Crippen molar-refractivity contribution in [2.45, 2.75) is 51.5 Å². The van der Waals surface area contributed by atoms with Crippen LogP contribution in [0.25, 0.3) is 0 Å². The lowest BCUT2D eigenvalue weighted by molar-refractivity contribution is 0.114. The number of aliphatic hydroxyl groups excluding tert-OH is 1. The molecule has 4 nitrogen and oxygen atoms in total. The van der Waals surface area contributed by atoms with Gasteiger partial charge in [0.1, 0.15) is 6.10 Å². The molecule has 1 fully saturated rings. The summed E-state index contributed by atoms with van der Waals surface area (Å²) in [4.78, 5) is 4.29. The highest BCUT2D eigenvalue weighted by Gasteiger charge is 2.19. The van der Waals surface area contributed by atoms with Crippen LogP contribution in [-0.4, -0.2) is 16.2 Å². The molecule has 1 aromatic carbocycles. The first-order valence-corrected chi connectivity index (χ1v) is 8.29. The summed E-state index contributed by atoms with van der Waals surface area (Å²) in [5, 5.41) is 12.7. The predicted octanol–water partition coefficient (Wildman–Crippen LogP) is 3.36. The van der Waals surface area contributed by atoms with Gasteiger partial charge < -0.3 is 15.2 Å². The zero-order valence-corrected chi connectivity index (χ0v) is 13.5. The lowest BCUT2D eigenvalue weighted by Crippen LogP contribution is -2.25. The lowest BCUT2D eigenvalue weighted by Gasteiger charge is -2.25. The van der Waals surface area contributed by atoms with E-state index in [9.17, 15) is 5.11 Å². The van der Waals surface area contributed by atoms with Crippen LogP contribution >= 0.6 is 0 Å². The Morgan fingerprint density at radius 2 is 2.13 bits per heavy atom. The van der Waals surface area contributed by atoms with Crippen molar-refractivity contribution in [3.05, 3.63) is 59.3 Å². The van der Waals surface area contributed by atoms with E-state index < -0.39 is 0 Å². The maximum atomic E-state index is 9.24. The molecule has 1 heterocycles. The van der Waals surface area contributed by atoms with Crippen LogP contribution in [0.3, 0.4) is 0 Å². The molecule has 0 spiro atoms. The van der Waals surface area contributed by atoms with E-state index in [0.717, 1.165) is 30.8 Å². The number of hydrogen-bond donors (Lipinski definition) is 2. The summed E-state index contributed by atoms with van der Waals surface area (Å²) in [7, 11) is 0. The standard InChI is InChI=1S/C19H24N2O2/c1-14(17-5-2-4-16(10-17)13-22)21-12-15-8-9-20-19(11-15)23-18-6-3-7-18/h2,4-5,8-11,14,18,21-22H,3,6-7,12-13H2,1H3. The summed E-state index contributed by atoms with van der Waals surface area (Å²) in [6, 6.07) is 12.3. The Morgan fingerprint density at radius 1 is 1.26 bits per heavy atom. The molecule has 2 N–H and O–H groups in total. The number of aromatic nitrogens is 1. The number of nitrogens with one attached hydrogen (secondary N) is 1. The van der Waals surface area contributed by atoms with Crippen molar-refractivity contribution in [3.63, 3.8) is 0 Å². The van der Waals surface area contributed by atoms with Crippen LogP contribution in [0.4, 0.5) is 0 Å². The number of ether oxygens (including phenoxy) is 1. The minimum Gasteiger partial charge on any atom is -0.474 e. The SMILES string of the molecule is CC(NCc1ccnc(OC2CCC2)c1)c1cccc(CO)c1. The Bertz CT molecular complexity index is 641. The first-order valence-electron chi connectivity index (χ1n) is 8.29. The molecule has 0 radical (unpaired) electrons. The van der Waals surface area contributed by atoms with Crippen molar-refractivity contribution >= 4 is 0 Å². The predicted molar refractivity (Wildman–Crippen MR) is 90.1 cm³/mol. The minimum absolute atomic E-state index is 0.0762. The van der Waals surface area contributed by atoms with E-state index in [1.807, 2.05) is 36.5 Å². The normalized spacial score (nSPS) is 15.9. The first kappa shape index (κ1) is 16.0. The Balaban J connectivity index is 1.57. The quantitative estimate of drug-likeness (QED) is 0.823. The van der Waals surface area contributed by atoms with Crippen molar-refractivity contribution in [1.82, 2.24) is 10.3 Å². The molecule has 3 rings (SSSR count). The molecule has 1 aromatic heterocycles. The fourth-order valence-electron chi connectivity index (χ4n) is 2.63. The van der Waals surface area contributed by atoms with Gasteiger partial charge in [0.2, 0.25) is 5.88 Å². The number of benzene rings is 1. The Morgan fingerprint density at radius 3 is 2.87 bits per heavy atom. The molecule has 0 amide bonds. The van der Waals surface area contributed by atoms with Crippen molar-refractivity contribution in [3.8, 4) is 5.88 Å². The molecule has 1 aliphatic rings. The summed E-state index contributed by atoms with van der Waals surface area (Å²) < 4.78 is 5.85. The average molecular weight is 312 g/mol. The van der Waals surface area contributed by atoms with Crippen molar-refractivity contribution < 1.29 is 9.84 Å². The first-order chi connectivity index (χ1) is 11.2. The summed E-state index contributed by atoms with van der Waals surface area (Å²) in [6.45, 7) is 2.96. The lowest BCUT2D eigenvalue weighted by atomic mass is 9.96. The number of pyridine rings is 1. The zero-order valence-electron chi connectivity index (χ0n) is 13.5. The van der Waals surface area contributed by atoms with Gasteiger partial charge in [-0.3, -0.25) is 0 Å². The Kier molecular flexibility index (Phi) is 5.26. The Labute approximate surface area is 137 Å². The van der Waals surface area contributed by atoms with E-state index >= 15 is 0 Å². The summed E-state index contributed by atoms with van der Waals surface area (Å²) in [5.41, 5.74) is 3.28. The fraction of sp³-hybridized carbons (Fsp3) is 0.421. The molecule has 1 saturated carbocycles. The molecule has 0 bridgehead atoms. The van der Waals surface area contributed by atoms with E-state index in [1.54, 1.807) is 0 Å². The van der Waals surface area contributed by atoms with E-state index in [0.29, 0.717) is 6.10 Å². The number of rotatable bonds is 7. The highest BCUT2D eigenvalue weighted by molar-refractivity contribution is 5.26. The third-order valence-corrected chi connectivity index (χ3v) is 4.38. The van der Waals surface area contributed by atoms with Crippen LogP contribution in [0.2, 0.25) is 0 Å². The molecule has 1 unspecified atom stereocenters. The number of nitrogens with zero attached hydrogens (tertiary/aromatic N) is 1. The maximum Gasteiger partial charge on any atom is 0.213 e. The highest BCUT2D eigenvalue weighted by atomic mass is 16.5. The van der Waals surface area contributed by atoms with Crippen LogP contribution in [0.15, 0.2) is 42.6 Å². The van der Waals surface area contributed by atoms with Gasteiger partial charge in [0.15, 0.2) is 0 Å². The van der Waals surface area contributed by atoms with Gasteiger partial charge in [0.25, 0.3) is 0 Å². The average Bonchev–Trinajstić information content (AvgIpc) is 2.56. The molecule has 0 aliphatic heterocycles. The second-order valence-electron chi connectivity index (χ2n) is 6.18. The highest BCUT2D eigenvalue weighted by Crippen LogP contribution is 2.24. The van der Waals surface area contributed by atoms with Gasteiger partial charge in [-0.15, -0.1) is 0 Å².